The van der Waals surface area contributed by atoms with Gasteiger partial charge in [-0.1, -0.05) is 54.6 Å². The Hall–Kier alpha value is -3.71. The summed E-state index contributed by atoms with van der Waals surface area (Å²) in [5.74, 6) is -1.10. The summed E-state index contributed by atoms with van der Waals surface area (Å²) in [6, 6.07) is 21.1. The van der Waals surface area contributed by atoms with Crippen molar-refractivity contribution in [3.63, 3.8) is 0 Å². The average Bonchev–Trinajstić information content (AvgIpc) is 3.17. The number of aryl methyl sites for hydroxylation is 1. The third kappa shape index (κ3) is 4.20. The van der Waals surface area contributed by atoms with E-state index in [9.17, 15) is 18.0 Å². The van der Waals surface area contributed by atoms with Crippen LogP contribution >= 0.6 is 0 Å². The van der Waals surface area contributed by atoms with Gasteiger partial charge in [-0.3, -0.25) is 4.79 Å². The first-order valence-electron chi connectivity index (χ1n) is 9.93. The Kier molecular flexibility index (Phi) is 5.67. The quantitative estimate of drug-likeness (QED) is 0.345. The summed E-state index contributed by atoms with van der Waals surface area (Å²) in [5.41, 5.74) is 3.42. The fraction of sp³-hybridized carbons (Fsp3) is 0.120. The minimum absolute atomic E-state index is 0.0179. The molecule has 0 aliphatic carbocycles. The molecule has 32 heavy (non-hydrogen) atoms. The van der Waals surface area contributed by atoms with Crippen LogP contribution in [0.3, 0.4) is 0 Å². The summed E-state index contributed by atoms with van der Waals surface area (Å²) in [4.78, 5) is 29.1. The summed E-state index contributed by atoms with van der Waals surface area (Å²) in [6.07, 6.45) is 1.07. The molecule has 0 amide bonds. The zero-order valence-electron chi connectivity index (χ0n) is 17.6. The molecule has 3 aromatic carbocycles. The van der Waals surface area contributed by atoms with E-state index in [-0.39, 0.29) is 16.2 Å². The Bertz CT molecular complexity index is 1440. The van der Waals surface area contributed by atoms with Gasteiger partial charge in [0, 0.05) is 17.2 Å². The molecular formula is C25H21NO5S. The zero-order chi connectivity index (χ0) is 22.9. The second kappa shape index (κ2) is 8.43. The molecule has 0 saturated carbocycles. The molecule has 1 N–H and O–H groups in total. The van der Waals surface area contributed by atoms with Crippen LogP contribution in [0.4, 0.5) is 0 Å². The second-order valence-corrected chi connectivity index (χ2v) is 9.55. The number of aromatic nitrogens is 1. The maximum atomic E-state index is 13.2. The van der Waals surface area contributed by atoms with Crippen LogP contribution in [0.25, 0.3) is 22.2 Å². The molecule has 7 heteroatoms. The molecule has 0 aliphatic heterocycles. The first kappa shape index (κ1) is 21.5. The van der Waals surface area contributed by atoms with Crippen LogP contribution in [0.1, 0.15) is 26.3 Å². The number of H-pyrrole nitrogens is 1. The largest absolute Gasteiger partial charge is 0.454 e. The topological polar surface area (TPSA) is 93.3 Å². The number of hydrogen-bond acceptors (Lipinski definition) is 5. The minimum atomic E-state index is -3.48. The predicted molar refractivity (Wildman–Crippen MR) is 123 cm³/mol. The smallest absolute Gasteiger partial charge is 0.338 e. The highest BCUT2D eigenvalue weighted by molar-refractivity contribution is 7.90. The molecule has 0 atom stereocenters. The number of rotatable bonds is 6. The van der Waals surface area contributed by atoms with Crippen molar-refractivity contribution in [1.82, 2.24) is 4.98 Å². The van der Waals surface area contributed by atoms with Gasteiger partial charge in [-0.05, 0) is 36.2 Å². The monoisotopic (exact) mass is 447 g/mol. The van der Waals surface area contributed by atoms with E-state index in [4.69, 9.17) is 4.74 Å². The Morgan fingerprint density at radius 1 is 0.938 bits per heavy atom. The zero-order valence-corrected chi connectivity index (χ0v) is 18.4. The molecule has 0 fully saturated rings. The first-order chi connectivity index (χ1) is 15.3. The molecule has 6 nitrogen and oxygen atoms in total. The third-order valence-electron chi connectivity index (χ3n) is 5.24. The number of hydrogen-bond donors (Lipinski definition) is 1. The molecule has 1 heterocycles. The van der Waals surface area contributed by atoms with Gasteiger partial charge in [0.05, 0.1) is 21.7 Å². The van der Waals surface area contributed by atoms with Crippen molar-refractivity contribution >= 4 is 32.5 Å². The van der Waals surface area contributed by atoms with E-state index >= 15 is 0 Å². The number of nitrogens with one attached hydrogen (secondary N) is 1. The number of ketones is 1. The Morgan fingerprint density at radius 2 is 1.62 bits per heavy atom. The maximum absolute atomic E-state index is 13.2. The van der Waals surface area contributed by atoms with Crippen LogP contribution < -0.4 is 0 Å². The molecule has 0 bridgehead atoms. The molecule has 162 valence electrons. The number of benzene rings is 3. The minimum Gasteiger partial charge on any atom is -0.454 e. The molecule has 0 aliphatic rings. The summed E-state index contributed by atoms with van der Waals surface area (Å²) in [6.45, 7) is 1.21. The van der Waals surface area contributed by atoms with Crippen molar-refractivity contribution in [3.05, 3.63) is 89.5 Å². The second-order valence-electron chi connectivity index (χ2n) is 7.53. The SMILES string of the molecule is Cc1ccc(S(C)(=O)=O)cc1C(=O)OCC(=O)c1c(-c2ccccc2)[nH]c2ccccc12. The number of carbonyl (C=O) groups is 2. The average molecular weight is 448 g/mol. The molecule has 0 spiro atoms. The molecular weight excluding hydrogens is 426 g/mol. The van der Waals surface area contributed by atoms with Gasteiger partial charge in [-0.25, -0.2) is 13.2 Å². The fourth-order valence-corrected chi connectivity index (χ4v) is 4.23. The summed E-state index contributed by atoms with van der Waals surface area (Å²) >= 11 is 0. The van der Waals surface area contributed by atoms with E-state index in [0.717, 1.165) is 22.7 Å². The highest BCUT2D eigenvalue weighted by atomic mass is 32.2. The molecule has 1 aromatic heterocycles. The number of carbonyl (C=O) groups excluding carboxylic acids is 2. The van der Waals surface area contributed by atoms with E-state index in [1.807, 2.05) is 54.6 Å². The molecule has 0 unspecified atom stereocenters. The van der Waals surface area contributed by atoms with E-state index in [1.165, 1.54) is 12.1 Å². The number of para-hydroxylation sites is 1. The van der Waals surface area contributed by atoms with E-state index in [2.05, 4.69) is 4.98 Å². The lowest BCUT2D eigenvalue weighted by atomic mass is 10.0. The van der Waals surface area contributed by atoms with Gasteiger partial charge in [-0.2, -0.15) is 0 Å². The van der Waals surface area contributed by atoms with Gasteiger partial charge >= 0.3 is 5.97 Å². The van der Waals surface area contributed by atoms with Crippen molar-refractivity contribution in [2.45, 2.75) is 11.8 Å². The highest BCUT2D eigenvalue weighted by Gasteiger charge is 2.22. The van der Waals surface area contributed by atoms with Gasteiger partial charge in [0.1, 0.15) is 0 Å². The predicted octanol–water partition coefficient (Wildman–Crippen LogP) is 4.59. The Morgan fingerprint density at radius 3 is 2.34 bits per heavy atom. The molecule has 4 aromatic rings. The summed E-state index contributed by atoms with van der Waals surface area (Å²) in [7, 11) is -3.48. The van der Waals surface area contributed by atoms with Crippen LogP contribution in [0.5, 0.6) is 0 Å². The molecule has 0 radical (unpaired) electrons. The first-order valence-corrected chi connectivity index (χ1v) is 11.8. The van der Waals surface area contributed by atoms with E-state index < -0.39 is 22.4 Å². The van der Waals surface area contributed by atoms with Gasteiger partial charge in [-0.15, -0.1) is 0 Å². The Labute approximate surface area is 185 Å². The summed E-state index contributed by atoms with van der Waals surface area (Å²) in [5, 5.41) is 0.739. The fourth-order valence-electron chi connectivity index (χ4n) is 3.59. The van der Waals surface area contributed by atoms with Crippen molar-refractivity contribution in [2.24, 2.45) is 0 Å². The van der Waals surface area contributed by atoms with Crippen molar-refractivity contribution in [1.29, 1.82) is 0 Å². The van der Waals surface area contributed by atoms with Gasteiger partial charge in [0.15, 0.2) is 16.4 Å². The number of ether oxygens (including phenoxy) is 1. The number of aromatic amines is 1. The number of Topliss-reactive ketones (excluding diaryl/α,β-unsaturated/α-hetero) is 1. The maximum Gasteiger partial charge on any atom is 0.338 e. The standard InChI is InChI=1S/C25H21NO5S/c1-16-12-13-18(32(2,29)30)14-20(16)25(28)31-15-22(27)23-19-10-6-7-11-21(19)26-24(23)17-8-4-3-5-9-17/h3-14,26H,15H2,1-2H3. The lowest BCUT2D eigenvalue weighted by Gasteiger charge is -2.09. The van der Waals surface area contributed by atoms with Crippen molar-refractivity contribution in [3.8, 4) is 11.3 Å². The van der Waals surface area contributed by atoms with Crippen LogP contribution in [0.15, 0.2) is 77.7 Å². The van der Waals surface area contributed by atoms with Crippen LogP contribution in [0, 0.1) is 6.92 Å². The van der Waals surface area contributed by atoms with Crippen LogP contribution in [-0.4, -0.2) is 38.0 Å². The summed E-state index contributed by atoms with van der Waals surface area (Å²) < 4.78 is 29.0. The number of esters is 1. The highest BCUT2D eigenvalue weighted by Crippen LogP contribution is 2.30. The van der Waals surface area contributed by atoms with Crippen molar-refractivity contribution in [2.75, 3.05) is 12.9 Å². The van der Waals surface area contributed by atoms with Gasteiger partial charge < -0.3 is 9.72 Å². The lowest BCUT2D eigenvalue weighted by Crippen LogP contribution is -2.16. The lowest BCUT2D eigenvalue weighted by molar-refractivity contribution is 0.0474. The molecule has 4 rings (SSSR count). The normalized spacial score (nSPS) is 11.4. The van der Waals surface area contributed by atoms with E-state index in [1.54, 1.807) is 13.0 Å². The van der Waals surface area contributed by atoms with Gasteiger partial charge in [0.25, 0.3) is 0 Å². The number of sulfone groups is 1. The third-order valence-corrected chi connectivity index (χ3v) is 6.35. The number of fused-ring (bicyclic) bond motifs is 1. The van der Waals surface area contributed by atoms with Crippen LogP contribution in [0.2, 0.25) is 0 Å². The van der Waals surface area contributed by atoms with Gasteiger partial charge in [0.2, 0.25) is 5.78 Å². The molecule has 0 saturated heterocycles. The van der Waals surface area contributed by atoms with Crippen LogP contribution in [-0.2, 0) is 14.6 Å². The Balaban J connectivity index is 1.64. The van der Waals surface area contributed by atoms with E-state index in [0.29, 0.717) is 16.8 Å². The van der Waals surface area contributed by atoms with Crippen molar-refractivity contribution < 1.29 is 22.7 Å².